The van der Waals surface area contributed by atoms with Gasteiger partial charge in [-0.05, 0) is 132 Å². The third-order valence-corrected chi connectivity index (χ3v) is 13.3. The van der Waals surface area contributed by atoms with E-state index in [2.05, 4.69) is 0 Å². The maximum Gasteiger partial charge on any atom is 0.418 e. The quantitative estimate of drug-likeness (QED) is 0.105. The van der Waals surface area contributed by atoms with Crippen LogP contribution in [0.4, 0.5) is 51.7 Å². The van der Waals surface area contributed by atoms with E-state index in [9.17, 15) is 2.74 Å². The molecule has 73 heavy (non-hydrogen) atoms. The van der Waals surface area contributed by atoms with E-state index in [1.54, 1.807) is 91.0 Å². The number of hydrogen-bond donors (Lipinski definition) is 0. The predicted molar refractivity (Wildman–Crippen MR) is 296 cm³/mol. The lowest BCUT2D eigenvalue weighted by atomic mass is 9.91. The zero-order valence-corrected chi connectivity index (χ0v) is 38.0. The second-order valence-corrected chi connectivity index (χ2v) is 17.4. The van der Waals surface area contributed by atoms with Crippen LogP contribution in [0.25, 0.3) is 87.2 Å². The fourth-order valence-corrected chi connectivity index (χ4v) is 10.0. The summed E-state index contributed by atoms with van der Waals surface area (Å²) in [4.78, 5) is 3.00. The van der Waals surface area contributed by atoms with Crippen LogP contribution >= 0.6 is 0 Å². The zero-order valence-electron chi connectivity index (χ0n) is 53.0. The van der Waals surface area contributed by atoms with E-state index in [1.807, 2.05) is 42.5 Å². The minimum Gasteiger partial charge on any atom is -0.309 e. The van der Waals surface area contributed by atoms with Crippen molar-refractivity contribution in [1.82, 2.24) is 0 Å². The maximum absolute atomic E-state index is 18.5. The van der Waals surface area contributed by atoms with Crippen molar-refractivity contribution in [2.24, 2.45) is 0 Å². The Morgan fingerprint density at radius 2 is 0.808 bits per heavy atom. The van der Waals surface area contributed by atoms with Crippen LogP contribution in [0.1, 0.15) is 26.1 Å². The van der Waals surface area contributed by atoms with Crippen molar-refractivity contribution in [2.45, 2.75) is 6.18 Å². The Kier molecular flexibility index (Phi) is 7.33. The molecule has 13 rings (SSSR count). The van der Waals surface area contributed by atoms with E-state index in [0.717, 1.165) is 22.9 Å². The van der Waals surface area contributed by atoms with Crippen molar-refractivity contribution < 1.29 is 38.1 Å². The van der Waals surface area contributed by atoms with Gasteiger partial charge in [0.25, 0.3) is 0 Å². The highest BCUT2D eigenvalue weighted by Gasteiger charge is 2.37. The molecule has 0 spiro atoms. The van der Waals surface area contributed by atoms with Crippen LogP contribution in [0.15, 0.2) is 254 Å². The van der Waals surface area contributed by atoms with Crippen LogP contribution in [0.3, 0.4) is 0 Å². The summed E-state index contributed by atoms with van der Waals surface area (Å²) in [6.07, 6.45) is -5.09. The fourth-order valence-electron chi connectivity index (χ4n) is 10.0. The average molecular weight is 966 g/mol. The Labute approximate surface area is 440 Å². The molecule has 348 valence electrons. The van der Waals surface area contributed by atoms with Crippen molar-refractivity contribution >= 4 is 88.0 Å². The molecular formula is C67H42F4N2. The minimum atomic E-state index is -5.09. The van der Waals surface area contributed by atoms with Gasteiger partial charge >= 0.3 is 6.18 Å². The van der Waals surface area contributed by atoms with E-state index < -0.39 is 125 Å². The molecule has 0 N–H and O–H groups in total. The second-order valence-electron chi connectivity index (χ2n) is 17.4. The van der Waals surface area contributed by atoms with Gasteiger partial charge in [0, 0.05) is 27.7 Å². The molecule has 0 aromatic heterocycles. The standard InChI is InChI=1S/C67H42F4N2/c68-60-42-53(44-16-6-2-7-17-44)40-58(47-20-8-3-9-21-47)66(60)73(55-32-25-46-19-11-13-23-51(46)39-55)62-36-29-49-26-33-56-61(35-28-48-27-34-57(62)65(49)64(48)56)72(54-31-24-45-18-10-12-22-50(45)38-54)63-37-30-52(41-59(63)67(69,70)71)43-14-4-1-5-15-43/h1-42H/i1D,2D,3D,4D,5D,6D,7D,8D,9D,14D,15D,16D,17D,20D,21D. The lowest BCUT2D eigenvalue weighted by molar-refractivity contribution is -0.137. The van der Waals surface area contributed by atoms with Crippen molar-refractivity contribution in [2.75, 3.05) is 9.80 Å². The first kappa shape index (κ1) is 30.5. The van der Waals surface area contributed by atoms with Gasteiger partial charge in [0.15, 0.2) is 0 Å². The first-order valence-electron chi connectivity index (χ1n) is 30.5. The SMILES string of the molecule is [2H]c1c([2H])c([2H])c(-c2cc(F)c(N(c3ccc4ccccc4c3)c3ccc4ccc5c(N(c6ccc7ccccc7c6)c6ccc(-c7c([2H])c([2H])c([2H])c([2H])c7[2H])cc6C(F)(F)F)ccc6ccc3c4c65)c(-c3c([2H])c([2H])c([2H])c([2H])c3[2H])c2)c([2H])c1[2H]. The van der Waals surface area contributed by atoms with Gasteiger partial charge in [0.1, 0.15) is 5.82 Å². The van der Waals surface area contributed by atoms with Crippen molar-refractivity contribution in [1.29, 1.82) is 0 Å². The van der Waals surface area contributed by atoms with Gasteiger partial charge in [-0.15, -0.1) is 0 Å². The monoisotopic (exact) mass is 965 g/mol. The zero-order chi connectivity index (χ0) is 62.3. The summed E-state index contributed by atoms with van der Waals surface area (Å²) in [5, 5.41) is 6.31. The Hall–Kier alpha value is -9.26. The molecule has 0 aliphatic rings. The van der Waals surface area contributed by atoms with Crippen LogP contribution < -0.4 is 9.80 Å². The van der Waals surface area contributed by atoms with Crippen molar-refractivity contribution in [3.05, 3.63) is 266 Å². The highest BCUT2D eigenvalue weighted by atomic mass is 19.4. The summed E-state index contributed by atoms with van der Waals surface area (Å²) in [6.45, 7) is 0. The highest BCUT2D eigenvalue weighted by molar-refractivity contribution is 6.28. The number of rotatable bonds is 9. The Bertz CT molecular complexity index is 5070. The third-order valence-electron chi connectivity index (χ3n) is 13.3. The minimum absolute atomic E-state index is 0.255. The smallest absolute Gasteiger partial charge is 0.309 e. The van der Waals surface area contributed by atoms with Crippen LogP contribution in [-0.2, 0) is 6.18 Å². The summed E-state index contributed by atoms with van der Waals surface area (Å²) in [5.74, 6) is -1.09. The first-order valence-corrected chi connectivity index (χ1v) is 23.0. The largest absolute Gasteiger partial charge is 0.418 e. The molecule has 0 aliphatic heterocycles. The Balaban J connectivity index is 1.11. The van der Waals surface area contributed by atoms with E-state index in [1.165, 1.54) is 28.0 Å². The van der Waals surface area contributed by atoms with Gasteiger partial charge in [-0.1, -0.05) is 194 Å². The van der Waals surface area contributed by atoms with Gasteiger partial charge in [0.2, 0.25) is 0 Å². The molecule has 0 radical (unpaired) electrons. The molecule has 13 aromatic rings. The summed E-state index contributed by atoms with van der Waals surface area (Å²) < 4.78 is 197. The molecule has 0 heterocycles. The Morgan fingerprint density at radius 1 is 0.356 bits per heavy atom. The molecule has 0 saturated carbocycles. The molecule has 0 aliphatic carbocycles. The fraction of sp³-hybridized carbons (Fsp3) is 0.0149. The average Bonchev–Trinajstić information content (AvgIpc) is 0.733. The number of fused-ring (bicyclic) bond motifs is 2. The molecule has 0 unspecified atom stereocenters. The Morgan fingerprint density at radius 3 is 1.36 bits per heavy atom. The molecule has 6 heteroatoms. The topological polar surface area (TPSA) is 6.48 Å². The van der Waals surface area contributed by atoms with Crippen LogP contribution in [0, 0.1) is 5.82 Å². The van der Waals surface area contributed by atoms with Gasteiger partial charge in [-0.2, -0.15) is 13.2 Å². The van der Waals surface area contributed by atoms with Crippen LogP contribution in [-0.4, -0.2) is 0 Å². The van der Waals surface area contributed by atoms with E-state index >= 15 is 17.6 Å². The van der Waals surface area contributed by atoms with Crippen LogP contribution in [0.2, 0.25) is 0 Å². The summed E-state index contributed by atoms with van der Waals surface area (Å²) in [7, 11) is 0. The second kappa shape index (κ2) is 17.5. The predicted octanol–water partition coefficient (Wildman–Crippen LogP) is 20.0. The summed E-state index contributed by atoms with van der Waals surface area (Å²) in [5.41, 5.74) is -2.84. The number of hydrogen-bond acceptors (Lipinski definition) is 2. The lowest BCUT2D eigenvalue weighted by Crippen LogP contribution is -2.17. The van der Waals surface area contributed by atoms with Crippen molar-refractivity contribution in [3.8, 4) is 33.4 Å². The number of anilines is 6. The lowest BCUT2D eigenvalue weighted by Gasteiger charge is -2.32. The molecule has 0 bridgehead atoms. The highest BCUT2D eigenvalue weighted by Crippen LogP contribution is 2.52. The van der Waals surface area contributed by atoms with Crippen LogP contribution in [0.5, 0.6) is 0 Å². The summed E-state index contributed by atoms with van der Waals surface area (Å²) in [6, 6.07) is 34.2. The summed E-state index contributed by atoms with van der Waals surface area (Å²) >= 11 is 0. The van der Waals surface area contributed by atoms with Crippen molar-refractivity contribution in [3.63, 3.8) is 0 Å². The molecule has 13 aromatic carbocycles. The van der Waals surface area contributed by atoms with E-state index in [-0.39, 0.29) is 39.4 Å². The van der Waals surface area contributed by atoms with Gasteiger partial charge in [-0.3, -0.25) is 0 Å². The molecule has 0 fully saturated rings. The molecule has 0 saturated heterocycles. The molecule has 2 nitrogen and oxygen atoms in total. The first-order chi connectivity index (χ1) is 42.0. The molecule has 0 atom stereocenters. The number of nitrogens with zero attached hydrogens (tertiary/aromatic N) is 2. The normalized spacial score (nSPS) is 14.7. The molecular weight excluding hydrogens is 909 g/mol. The molecule has 0 amide bonds. The number of alkyl halides is 3. The number of benzene rings is 13. The van der Waals surface area contributed by atoms with E-state index in [0.29, 0.717) is 54.5 Å². The third kappa shape index (κ3) is 7.67. The van der Waals surface area contributed by atoms with Gasteiger partial charge < -0.3 is 9.80 Å². The maximum atomic E-state index is 18.5. The van der Waals surface area contributed by atoms with Gasteiger partial charge in [0.05, 0.1) is 48.9 Å². The van der Waals surface area contributed by atoms with E-state index in [4.69, 9.17) is 17.8 Å². The van der Waals surface area contributed by atoms with Gasteiger partial charge in [-0.25, -0.2) is 4.39 Å². The number of halogens is 4.